The third-order valence-corrected chi connectivity index (χ3v) is 4.01. The van der Waals surface area contributed by atoms with Gasteiger partial charge in [-0.1, -0.05) is 29.8 Å². The molecule has 1 atom stereocenters. The number of aliphatic hydroxyl groups is 1. The molecule has 118 valence electrons. The first-order valence-electron chi connectivity index (χ1n) is 7.17. The molecule has 0 spiro atoms. The minimum Gasteiger partial charge on any atom is -0.394 e. The van der Waals surface area contributed by atoms with Gasteiger partial charge in [-0.2, -0.15) is 0 Å². The summed E-state index contributed by atoms with van der Waals surface area (Å²) < 4.78 is 0. The zero-order valence-electron chi connectivity index (χ0n) is 12.2. The van der Waals surface area contributed by atoms with Crippen molar-refractivity contribution in [2.75, 3.05) is 11.9 Å². The molecule has 1 unspecified atom stereocenters. The predicted octanol–water partition coefficient (Wildman–Crippen LogP) is 2.30. The number of fused-ring (bicyclic) bond motifs is 1. The first kappa shape index (κ1) is 15.5. The predicted molar refractivity (Wildman–Crippen MR) is 87.5 cm³/mol. The van der Waals surface area contributed by atoms with E-state index in [2.05, 4.69) is 10.6 Å². The molecule has 0 bridgehead atoms. The second kappa shape index (κ2) is 6.40. The van der Waals surface area contributed by atoms with E-state index in [4.69, 9.17) is 11.6 Å². The smallest absolute Gasteiger partial charge is 0.251 e. The fourth-order valence-electron chi connectivity index (χ4n) is 2.53. The first-order chi connectivity index (χ1) is 11.1. The molecule has 0 radical (unpaired) electrons. The molecule has 1 aliphatic rings. The number of halogens is 1. The Kier molecular flexibility index (Phi) is 4.32. The van der Waals surface area contributed by atoms with Gasteiger partial charge in [-0.05, 0) is 35.4 Å². The molecule has 0 aromatic heterocycles. The highest BCUT2D eigenvalue weighted by molar-refractivity contribution is 6.30. The van der Waals surface area contributed by atoms with Crippen LogP contribution < -0.4 is 10.6 Å². The Labute approximate surface area is 138 Å². The summed E-state index contributed by atoms with van der Waals surface area (Å²) in [6.45, 7) is -0.227. The average Bonchev–Trinajstić information content (AvgIpc) is 2.92. The van der Waals surface area contributed by atoms with Gasteiger partial charge in [0.15, 0.2) is 0 Å². The lowest BCUT2D eigenvalue weighted by Gasteiger charge is -2.17. The number of aliphatic hydroxyl groups excluding tert-OH is 1. The number of nitrogens with one attached hydrogen (secondary N) is 2. The highest BCUT2D eigenvalue weighted by Gasteiger charge is 2.20. The highest BCUT2D eigenvalue weighted by atomic mass is 35.5. The van der Waals surface area contributed by atoms with Crippen LogP contribution in [0.4, 0.5) is 5.69 Å². The number of hydrogen-bond acceptors (Lipinski definition) is 3. The summed E-state index contributed by atoms with van der Waals surface area (Å²) >= 11 is 5.84. The number of amides is 2. The minimum atomic E-state index is -0.525. The van der Waals surface area contributed by atoms with E-state index in [1.54, 1.807) is 42.5 Å². The molecule has 0 saturated heterocycles. The molecule has 3 N–H and O–H groups in total. The van der Waals surface area contributed by atoms with Gasteiger partial charge >= 0.3 is 0 Å². The van der Waals surface area contributed by atoms with Crippen molar-refractivity contribution >= 4 is 29.1 Å². The van der Waals surface area contributed by atoms with Gasteiger partial charge in [0.05, 0.1) is 19.1 Å². The highest BCUT2D eigenvalue weighted by Crippen LogP contribution is 2.24. The Balaban J connectivity index is 1.76. The van der Waals surface area contributed by atoms with Gasteiger partial charge in [-0.3, -0.25) is 9.59 Å². The largest absolute Gasteiger partial charge is 0.394 e. The second-order valence-corrected chi connectivity index (χ2v) is 5.79. The standard InChI is InChI=1S/C17H15ClN2O3/c18-13-5-3-10(4-6-13)15(9-21)20-17(23)12-2-1-11-8-16(22)19-14(11)7-12/h1-7,15,21H,8-9H2,(H,19,22)(H,20,23). The monoisotopic (exact) mass is 330 g/mol. The van der Waals surface area contributed by atoms with Gasteiger partial charge in [0.1, 0.15) is 0 Å². The molecule has 1 aliphatic heterocycles. The SMILES string of the molecule is O=C1Cc2ccc(C(=O)NC(CO)c3ccc(Cl)cc3)cc2N1. The van der Waals surface area contributed by atoms with Gasteiger partial charge in [-0.15, -0.1) is 0 Å². The normalized spacial score (nSPS) is 14.1. The Morgan fingerprint density at radius 3 is 2.70 bits per heavy atom. The quantitative estimate of drug-likeness (QED) is 0.805. The number of anilines is 1. The van der Waals surface area contributed by atoms with Crippen molar-refractivity contribution in [3.8, 4) is 0 Å². The molecular weight excluding hydrogens is 316 g/mol. The van der Waals surface area contributed by atoms with Crippen molar-refractivity contribution in [2.45, 2.75) is 12.5 Å². The summed E-state index contributed by atoms with van der Waals surface area (Å²) in [5.74, 6) is -0.394. The maximum Gasteiger partial charge on any atom is 0.251 e. The molecule has 5 nitrogen and oxygen atoms in total. The van der Waals surface area contributed by atoms with Crippen molar-refractivity contribution in [1.82, 2.24) is 5.32 Å². The van der Waals surface area contributed by atoms with E-state index < -0.39 is 6.04 Å². The van der Waals surface area contributed by atoms with Gasteiger partial charge < -0.3 is 15.7 Å². The van der Waals surface area contributed by atoms with Crippen LogP contribution in [0.25, 0.3) is 0 Å². The van der Waals surface area contributed by atoms with E-state index >= 15 is 0 Å². The molecule has 2 aromatic rings. The zero-order valence-corrected chi connectivity index (χ0v) is 12.9. The zero-order chi connectivity index (χ0) is 16.4. The molecule has 3 rings (SSSR count). The third-order valence-electron chi connectivity index (χ3n) is 3.76. The van der Waals surface area contributed by atoms with Crippen LogP contribution in [-0.4, -0.2) is 23.5 Å². The summed E-state index contributed by atoms with van der Waals surface area (Å²) in [4.78, 5) is 23.7. The Hall–Kier alpha value is -2.37. The van der Waals surface area contributed by atoms with Gasteiger partial charge in [-0.25, -0.2) is 0 Å². The molecule has 2 amide bonds. The Bertz CT molecular complexity index is 759. The van der Waals surface area contributed by atoms with Crippen molar-refractivity contribution in [1.29, 1.82) is 0 Å². The summed E-state index contributed by atoms with van der Waals surface area (Å²) in [5.41, 5.74) is 2.73. The van der Waals surface area contributed by atoms with Crippen LogP contribution >= 0.6 is 11.6 Å². The van der Waals surface area contributed by atoms with E-state index in [1.165, 1.54) is 0 Å². The molecule has 6 heteroatoms. The lowest BCUT2D eigenvalue weighted by molar-refractivity contribution is -0.115. The average molecular weight is 331 g/mol. The molecule has 0 fully saturated rings. The number of carbonyl (C=O) groups excluding carboxylic acids is 2. The third kappa shape index (κ3) is 3.36. The van der Waals surface area contributed by atoms with Gasteiger partial charge in [0.2, 0.25) is 5.91 Å². The second-order valence-electron chi connectivity index (χ2n) is 5.36. The van der Waals surface area contributed by atoms with E-state index in [1.807, 2.05) is 0 Å². The Morgan fingerprint density at radius 2 is 2.00 bits per heavy atom. The molecule has 0 saturated carbocycles. The van der Waals surface area contributed by atoms with Crippen LogP contribution in [0, 0.1) is 0 Å². The molecule has 0 aliphatic carbocycles. The first-order valence-corrected chi connectivity index (χ1v) is 7.54. The van der Waals surface area contributed by atoms with Crippen LogP contribution in [0.2, 0.25) is 5.02 Å². The summed E-state index contributed by atoms with van der Waals surface area (Å²) in [6.07, 6.45) is 0.335. The lowest BCUT2D eigenvalue weighted by Crippen LogP contribution is -2.30. The summed E-state index contributed by atoms with van der Waals surface area (Å²) in [5, 5.41) is 15.6. The minimum absolute atomic E-state index is 0.0769. The number of hydrogen-bond donors (Lipinski definition) is 3. The fraction of sp³-hybridized carbons (Fsp3) is 0.176. The van der Waals surface area contributed by atoms with Gasteiger partial charge in [0, 0.05) is 16.3 Å². The molecular formula is C17H15ClN2O3. The van der Waals surface area contributed by atoms with Crippen LogP contribution in [0.3, 0.4) is 0 Å². The van der Waals surface area contributed by atoms with Crippen LogP contribution in [0.1, 0.15) is 27.5 Å². The maximum atomic E-state index is 12.4. The Morgan fingerprint density at radius 1 is 1.26 bits per heavy atom. The number of carbonyl (C=O) groups is 2. The van der Waals surface area contributed by atoms with Crippen LogP contribution in [0.5, 0.6) is 0 Å². The van der Waals surface area contributed by atoms with Crippen molar-refractivity contribution in [3.63, 3.8) is 0 Å². The van der Waals surface area contributed by atoms with E-state index in [9.17, 15) is 14.7 Å². The van der Waals surface area contributed by atoms with E-state index in [0.717, 1.165) is 11.1 Å². The molecule has 1 heterocycles. The summed E-state index contributed by atoms with van der Waals surface area (Å²) in [6, 6.07) is 11.5. The van der Waals surface area contributed by atoms with E-state index in [0.29, 0.717) is 22.7 Å². The maximum absolute atomic E-state index is 12.4. The van der Waals surface area contributed by atoms with Crippen molar-refractivity contribution in [2.24, 2.45) is 0 Å². The number of benzene rings is 2. The topological polar surface area (TPSA) is 78.4 Å². The van der Waals surface area contributed by atoms with Crippen LogP contribution in [-0.2, 0) is 11.2 Å². The van der Waals surface area contributed by atoms with Crippen molar-refractivity contribution < 1.29 is 14.7 Å². The molecule has 23 heavy (non-hydrogen) atoms. The fourth-order valence-corrected chi connectivity index (χ4v) is 2.65. The van der Waals surface area contributed by atoms with Crippen LogP contribution in [0.15, 0.2) is 42.5 Å². The van der Waals surface area contributed by atoms with Gasteiger partial charge in [0.25, 0.3) is 5.91 Å². The number of rotatable bonds is 4. The summed E-state index contributed by atoms with van der Waals surface area (Å²) in [7, 11) is 0. The molecule has 2 aromatic carbocycles. The lowest BCUT2D eigenvalue weighted by atomic mass is 10.1. The van der Waals surface area contributed by atoms with Crippen molar-refractivity contribution in [3.05, 3.63) is 64.2 Å². The van der Waals surface area contributed by atoms with E-state index in [-0.39, 0.29) is 18.4 Å².